The van der Waals surface area contributed by atoms with Crippen molar-refractivity contribution in [2.45, 2.75) is 71.6 Å². The molecule has 1 heterocycles. The fourth-order valence-electron chi connectivity index (χ4n) is 3.24. The molecule has 1 unspecified atom stereocenters. The Morgan fingerprint density at radius 2 is 1.83 bits per heavy atom. The van der Waals surface area contributed by atoms with Crippen LogP contribution < -0.4 is 10.6 Å². The third-order valence-electron chi connectivity index (χ3n) is 4.94. The van der Waals surface area contributed by atoms with Gasteiger partial charge < -0.3 is 20.3 Å². The molecule has 1 aliphatic heterocycles. The Balaban J connectivity index is 0.00000288. The maximum absolute atomic E-state index is 5.61. The van der Waals surface area contributed by atoms with Crippen LogP contribution in [-0.2, 0) is 4.74 Å². The minimum absolute atomic E-state index is 0. The number of hydrogen-bond donors (Lipinski definition) is 2. The van der Waals surface area contributed by atoms with Crippen molar-refractivity contribution in [3.63, 3.8) is 0 Å². The summed E-state index contributed by atoms with van der Waals surface area (Å²) >= 11 is 0. The van der Waals surface area contributed by atoms with Gasteiger partial charge in [0, 0.05) is 38.8 Å². The lowest BCUT2D eigenvalue weighted by Crippen LogP contribution is -2.49. The van der Waals surface area contributed by atoms with Crippen LogP contribution in [0.15, 0.2) is 4.99 Å². The van der Waals surface area contributed by atoms with Crippen molar-refractivity contribution >= 4 is 29.9 Å². The van der Waals surface area contributed by atoms with Crippen molar-refractivity contribution in [1.29, 1.82) is 0 Å². The van der Waals surface area contributed by atoms with Crippen LogP contribution in [0.5, 0.6) is 0 Å². The number of rotatable bonds is 6. The predicted octanol–water partition coefficient (Wildman–Crippen LogP) is 2.85. The van der Waals surface area contributed by atoms with E-state index < -0.39 is 0 Å². The summed E-state index contributed by atoms with van der Waals surface area (Å²) in [6.07, 6.45) is 5.39. The van der Waals surface area contributed by atoms with Gasteiger partial charge in [-0.15, -0.1) is 24.0 Å². The highest BCUT2D eigenvalue weighted by molar-refractivity contribution is 14.0. The first-order valence-electron chi connectivity index (χ1n) is 9.25. The van der Waals surface area contributed by atoms with E-state index in [2.05, 4.69) is 43.2 Å². The third kappa shape index (κ3) is 7.04. The highest BCUT2D eigenvalue weighted by Crippen LogP contribution is 2.29. The normalized spacial score (nSPS) is 22.0. The van der Waals surface area contributed by atoms with Crippen molar-refractivity contribution in [3.05, 3.63) is 0 Å². The van der Waals surface area contributed by atoms with Gasteiger partial charge in [0.15, 0.2) is 5.96 Å². The molecule has 2 fully saturated rings. The van der Waals surface area contributed by atoms with E-state index in [0.29, 0.717) is 12.6 Å². The number of halogens is 1. The Hall–Kier alpha value is -0.0800. The Morgan fingerprint density at radius 3 is 2.29 bits per heavy atom. The second-order valence-corrected chi connectivity index (χ2v) is 8.00. The van der Waals surface area contributed by atoms with E-state index in [1.807, 2.05) is 0 Å². The zero-order chi connectivity index (χ0) is 16.9. The van der Waals surface area contributed by atoms with Crippen LogP contribution in [0.25, 0.3) is 0 Å². The standard InChI is InChI=1S/C18H36N4O.HI/c1-6-19-17(20-13-16(23-5)18(2,3)4)21-14-9-11-22(12-10-14)15-7-8-15;/h14-16H,6-13H2,1-5H3,(H2,19,20,21);1H. The van der Waals surface area contributed by atoms with Gasteiger partial charge in [0.05, 0.1) is 12.6 Å². The molecule has 5 nitrogen and oxygen atoms in total. The Bertz CT molecular complexity index is 385. The highest BCUT2D eigenvalue weighted by Gasteiger charge is 2.32. The van der Waals surface area contributed by atoms with Crippen molar-refractivity contribution in [3.8, 4) is 0 Å². The van der Waals surface area contributed by atoms with Gasteiger partial charge in [0.1, 0.15) is 0 Å². The number of aliphatic imine (C=N–C) groups is 1. The summed E-state index contributed by atoms with van der Waals surface area (Å²) in [6.45, 7) is 12.7. The Morgan fingerprint density at radius 1 is 1.21 bits per heavy atom. The highest BCUT2D eigenvalue weighted by atomic mass is 127. The third-order valence-corrected chi connectivity index (χ3v) is 4.94. The van der Waals surface area contributed by atoms with E-state index in [1.54, 1.807) is 7.11 Å². The van der Waals surface area contributed by atoms with Crippen molar-refractivity contribution in [2.75, 3.05) is 33.3 Å². The summed E-state index contributed by atoms with van der Waals surface area (Å²) in [5, 5.41) is 7.00. The molecule has 0 bridgehead atoms. The minimum Gasteiger partial charge on any atom is -0.379 e. The topological polar surface area (TPSA) is 48.9 Å². The summed E-state index contributed by atoms with van der Waals surface area (Å²) < 4.78 is 5.61. The average molecular weight is 452 g/mol. The maximum atomic E-state index is 5.61. The SMILES string of the molecule is CCNC(=NCC(OC)C(C)(C)C)NC1CCN(C2CC2)CC1.I. The fourth-order valence-corrected chi connectivity index (χ4v) is 3.24. The van der Waals surface area contributed by atoms with Crippen LogP contribution in [0.4, 0.5) is 0 Å². The van der Waals surface area contributed by atoms with Gasteiger partial charge in [-0.1, -0.05) is 20.8 Å². The monoisotopic (exact) mass is 452 g/mol. The van der Waals surface area contributed by atoms with Gasteiger partial charge in [0.2, 0.25) is 0 Å². The summed E-state index contributed by atoms with van der Waals surface area (Å²) in [7, 11) is 1.78. The molecule has 1 atom stereocenters. The molecule has 2 N–H and O–H groups in total. The number of methoxy groups -OCH3 is 1. The van der Waals surface area contributed by atoms with Crippen LogP contribution in [-0.4, -0.2) is 62.3 Å². The molecule has 1 saturated heterocycles. The summed E-state index contributed by atoms with van der Waals surface area (Å²) in [5.74, 6) is 0.934. The van der Waals surface area contributed by atoms with Crippen molar-refractivity contribution in [2.24, 2.45) is 10.4 Å². The maximum Gasteiger partial charge on any atom is 0.191 e. The van der Waals surface area contributed by atoms with Crippen molar-refractivity contribution in [1.82, 2.24) is 15.5 Å². The zero-order valence-corrected chi connectivity index (χ0v) is 18.4. The van der Waals surface area contributed by atoms with E-state index >= 15 is 0 Å². The molecule has 0 aromatic carbocycles. The van der Waals surface area contributed by atoms with Gasteiger partial charge in [-0.05, 0) is 38.0 Å². The van der Waals surface area contributed by atoms with Crippen LogP contribution in [0.1, 0.15) is 53.4 Å². The lowest BCUT2D eigenvalue weighted by Gasteiger charge is -2.33. The molecule has 0 radical (unpaired) electrons. The Labute approximate surface area is 165 Å². The van der Waals surface area contributed by atoms with E-state index in [-0.39, 0.29) is 35.5 Å². The molecule has 1 saturated carbocycles. The summed E-state index contributed by atoms with van der Waals surface area (Å²) in [5.41, 5.74) is 0.102. The van der Waals surface area contributed by atoms with Crippen LogP contribution in [0.2, 0.25) is 0 Å². The largest absolute Gasteiger partial charge is 0.379 e. The average Bonchev–Trinajstić information content (AvgIpc) is 3.32. The lowest BCUT2D eigenvalue weighted by molar-refractivity contribution is 0.0241. The smallest absolute Gasteiger partial charge is 0.191 e. The second-order valence-electron chi connectivity index (χ2n) is 8.00. The van der Waals surface area contributed by atoms with E-state index in [9.17, 15) is 0 Å². The lowest BCUT2D eigenvalue weighted by atomic mass is 9.89. The molecule has 0 spiro atoms. The van der Waals surface area contributed by atoms with Crippen LogP contribution in [0.3, 0.4) is 0 Å². The van der Waals surface area contributed by atoms with E-state index in [4.69, 9.17) is 9.73 Å². The number of ether oxygens (including phenoxy) is 1. The molecular weight excluding hydrogens is 415 g/mol. The van der Waals surface area contributed by atoms with Gasteiger partial charge in [-0.2, -0.15) is 0 Å². The van der Waals surface area contributed by atoms with Crippen molar-refractivity contribution < 1.29 is 4.74 Å². The molecule has 6 heteroatoms. The zero-order valence-electron chi connectivity index (χ0n) is 16.1. The summed E-state index contributed by atoms with van der Waals surface area (Å²) in [6, 6.07) is 1.44. The number of nitrogens with one attached hydrogen (secondary N) is 2. The predicted molar refractivity (Wildman–Crippen MR) is 112 cm³/mol. The molecule has 142 valence electrons. The molecule has 0 aromatic heterocycles. The van der Waals surface area contributed by atoms with Crippen LogP contribution >= 0.6 is 24.0 Å². The van der Waals surface area contributed by atoms with Gasteiger partial charge in [0.25, 0.3) is 0 Å². The molecule has 2 aliphatic rings. The molecule has 0 amide bonds. The van der Waals surface area contributed by atoms with Gasteiger partial charge in [-0.3, -0.25) is 4.99 Å². The number of guanidine groups is 1. The molecule has 24 heavy (non-hydrogen) atoms. The summed E-state index contributed by atoms with van der Waals surface area (Å²) in [4.78, 5) is 7.42. The second kappa shape index (κ2) is 10.2. The molecule has 0 aromatic rings. The number of piperidine rings is 1. The van der Waals surface area contributed by atoms with Gasteiger partial charge in [-0.25, -0.2) is 0 Å². The van der Waals surface area contributed by atoms with Crippen LogP contribution in [0, 0.1) is 5.41 Å². The molecule has 1 aliphatic carbocycles. The number of hydrogen-bond acceptors (Lipinski definition) is 3. The van der Waals surface area contributed by atoms with Gasteiger partial charge >= 0.3 is 0 Å². The van der Waals surface area contributed by atoms with E-state index in [1.165, 1.54) is 38.8 Å². The first-order chi connectivity index (χ1) is 10.9. The molecule has 2 rings (SSSR count). The number of nitrogens with zero attached hydrogens (tertiary/aromatic N) is 2. The first-order valence-corrected chi connectivity index (χ1v) is 9.25. The quantitative estimate of drug-likeness (QED) is 0.370. The fraction of sp³-hybridized carbons (Fsp3) is 0.944. The number of likely N-dealkylation sites (tertiary alicyclic amines) is 1. The van der Waals surface area contributed by atoms with E-state index in [0.717, 1.165) is 18.5 Å². The minimum atomic E-state index is 0. The molecular formula is C18H37IN4O. The first kappa shape index (κ1) is 22.0. The Kier molecular flexibility index (Phi) is 9.30.